The Labute approximate surface area is 166 Å². The maximum Gasteiger partial charge on any atom is 0.331 e. The second kappa shape index (κ2) is 6.16. The van der Waals surface area contributed by atoms with Gasteiger partial charge in [0.1, 0.15) is 6.61 Å². The minimum Gasteiger partial charge on any atom is -0.458 e. The van der Waals surface area contributed by atoms with Crippen molar-refractivity contribution >= 4 is 5.97 Å². The van der Waals surface area contributed by atoms with Crippen LogP contribution < -0.4 is 0 Å². The van der Waals surface area contributed by atoms with Gasteiger partial charge < -0.3 is 20.1 Å². The summed E-state index contributed by atoms with van der Waals surface area (Å²) in [5.41, 5.74) is 0.946. The van der Waals surface area contributed by atoms with Gasteiger partial charge in [-0.15, -0.1) is 0 Å². The summed E-state index contributed by atoms with van der Waals surface area (Å²) in [5.74, 6) is 0.319. The lowest BCUT2D eigenvalue weighted by molar-refractivity contribution is -0.183. The molecule has 5 rings (SSSR count). The van der Waals surface area contributed by atoms with E-state index in [-0.39, 0.29) is 47.3 Å². The van der Waals surface area contributed by atoms with Crippen LogP contribution in [-0.2, 0) is 9.53 Å². The number of aliphatic hydroxyl groups excluding tert-OH is 2. The molecule has 5 aliphatic rings. The molecule has 0 saturated heterocycles. The van der Waals surface area contributed by atoms with E-state index < -0.39 is 5.60 Å². The summed E-state index contributed by atoms with van der Waals surface area (Å²) in [6.45, 7) is 2.68. The summed E-state index contributed by atoms with van der Waals surface area (Å²) in [4.78, 5) is 11.6. The maximum atomic E-state index is 12.1. The number of carbonyl (C=O) groups excluding carboxylic acids is 1. The fourth-order valence-electron chi connectivity index (χ4n) is 7.89. The van der Waals surface area contributed by atoms with Crippen LogP contribution in [0.4, 0.5) is 0 Å². The zero-order valence-electron chi connectivity index (χ0n) is 16.7. The van der Waals surface area contributed by atoms with Crippen molar-refractivity contribution in [1.82, 2.24) is 0 Å². The SMILES string of the molecule is C[C@]12CC[C@H]3[C@@H](CC=C4C[C@@H](O)CC[C@@]43CO)[C@@]1(O)CC[C@@H]2C1=CC(=O)OC1. The second-order valence-corrected chi connectivity index (χ2v) is 10.2. The molecule has 5 nitrogen and oxygen atoms in total. The average Bonchev–Trinajstić information content (AvgIpc) is 3.22. The summed E-state index contributed by atoms with van der Waals surface area (Å²) >= 11 is 0. The molecule has 0 bridgehead atoms. The highest BCUT2D eigenvalue weighted by Crippen LogP contribution is 2.68. The van der Waals surface area contributed by atoms with E-state index in [9.17, 15) is 20.1 Å². The van der Waals surface area contributed by atoms with E-state index in [2.05, 4.69) is 13.0 Å². The predicted octanol–water partition coefficient (Wildman–Crippen LogP) is 2.50. The Morgan fingerprint density at radius 3 is 2.71 bits per heavy atom. The molecule has 4 aliphatic carbocycles. The number of ether oxygens (including phenoxy) is 1. The van der Waals surface area contributed by atoms with Gasteiger partial charge in [0, 0.05) is 16.9 Å². The first-order valence-electron chi connectivity index (χ1n) is 10.9. The van der Waals surface area contributed by atoms with E-state index in [0.717, 1.165) is 50.5 Å². The van der Waals surface area contributed by atoms with Crippen molar-refractivity contribution in [2.75, 3.05) is 13.2 Å². The molecule has 1 heterocycles. The zero-order chi connectivity index (χ0) is 19.7. The monoisotopic (exact) mass is 388 g/mol. The van der Waals surface area contributed by atoms with E-state index in [4.69, 9.17) is 4.74 Å². The Bertz CT molecular complexity index is 756. The number of aliphatic hydroxyl groups is 3. The molecule has 0 unspecified atom stereocenters. The van der Waals surface area contributed by atoms with Crippen molar-refractivity contribution in [2.45, 2.75) is 70.0 Å². The number of esters is 1. The lowest BCUT2D eigenvalue weighted by atomic mass is 9.45. The number of allylic oxidation sites excluding steroid dienone is 1. The van der Waals surface area contributed by atoms with Crippen LogP contribution in [0.25, 0.3) is 0 Å². The van der Waals surface area contributed by atoms with Gasteiger partial charge in [0.15, 0.2) is 0 Å². The molecule has 0 aromatic carbocycles. The van der Waals surface area contributed by atoms with Gasteiger partial charge in [-0.3, -0.25) is 0 Å². The molecule has 28 heavy (non-hydrogen) atoms. The fourth-order valence-corrected chi connectivity index (χ4v) is 7.89. The number of hydrogen-bond acceptors (Lipinski definition) is 5. The summed E-state index contributed by atoms with van der Waals surface area (Å²) in [6.07, 6.45) is 10.1. The Balaban J connectivity index is 1.52. The van der Waals surface area contributed by atoms with Crippen LogP contribution >= 0.6 is 0 Å². The summed E-state index contributed by atoms with van der Waals surface area (Å²) in [7, 11) is 0. The minimum absolute atomic E-state index is 0.108. The molecular formula is C23H32O5. The van der Waals surface area contributed by atoms with Gasteiger partial charge in [0.2, 0.25) is 0 Å². The maximum absolute atomic E-state index is 12.1. The topological polar surface area (TPSA) is 87.0 Å². The number of hydrogen-bond donors (Lipinski definition) is 3. The van der Waals surface area contributed by atoms with Crippen molar-refractivity contribution < 1.29 is 24.9 Å². The van der Waals surface area contributed by atoms with E-state index >= 15 is 0 Å². The van der Waals surface area contributed by atoms with E-state index in [1.807, 2.05) is 0 Å². The van der Waals surface area contributed by atoms with Crippen molar-refractivity contribution in [3.05, 3.63) is 23.3 Å². The second-order valence-electron chi connectivity index (χ2n) is 10.2. The molecule has 3 N–H and O–H groups in total. The Morgan fingerprint density at radius 1 is 1.18 bits per heavy atom. The largest absolute Gasteiger partial charge is 0.458 e. The summed E-state index contributed by atoms with van der Waals surface area (Å²) in [5, 5.41) is 32.7. The molecule has 5 heteroatoms. The molecule has 154 valence electrons. The minimum atomic E-state index is -0.784. The Morgan fingerprint density at radius 2 is 2.00 bits per heavy atom. The standard InChI is InChI=1S/C23H32O5/c1-21-7-5-18-19(3-2-15-11-16(25)4-8-22(15,18)13-24)23(21,27)9-6-17(21)14-10-20(26)28-12-14/h2,10,16-19,24-25,27H,3-9,11-13H2,1H3/t16-,17+,18-,19+,21+,22+,23-/m0/s1. The van der Waals surface area contributed by atoms with Crippen LogP contribution in [0, 0.1) is 28.6 Å². The van der Waals surface area contributed by atoms with E-state index in [0.29, 0.717) is 13.0 Å². The molecule has 7 atom stereocenters. The highest BCUT2D eigenvalue weighted by Gasteiger charge is 2.67. The third-order valence-electron chi connectivity index (χ3n) is 9.41. The van der Waals surface area contributed by atoms with Gasteiger partial charge in [-0.25, -0.2) is 4.79 Å². The molecule has 0 amide bonds. The lowest BCUT2D eigenvalue weighted by Crippen LogP contribution is -2.61. The fraction of sp³-hybridized carbons (Fsp3) is 0.783. The van der Waals surface area contributed by atoms with E-state index in [1.54, 1.807) is 6.08 Å². The van der Waals surface area contributed by atoms with E-state index in [1.165, 1.54) is 5.57 Å². The average molecular weight is 389 g/mol. The molecule has 3 saturated carbocycles. The van der Waals surface area contributed by atoms with Gasteiger partial charge in [-0.05, 0) is 74.7 Å². The number of rotatable bonds is 2. The van der Waals surface area contributed by atoms with Crippen LogP contribution in [0.15, 0.2) is 23.3 Å². The number of cyclic esters (lactones) is 1. The van der Waals surface area contributed by atoms with Gasteiger partial charge in [-0.1, -0.05) is 18.6 Å². The Kier molecular flexibility index (Phi) is 4.15. The molecule has 0 aromatic rings. The van der Waals surface area contributed by atoms with Gasteiger partial charge >= 0.3 is 5.97 Å². The highest BCUT2D eigenvalue weighted by atomic mass is 16.5. The van der Waals surface area contributed by atoms with Crippen LogP contribution in [0.3, 0.4) is 0 Å². The zero-order valence-corrected chi connectivity index (χ0v) is 16.7. The highest BCUT2D eigenvalue weighted by molar-refractivity contribution is 5.85. The summed E-state index contributed by atoms with van der Waals surface area (Å²) in [6, 6.07) is 0. The first-order chi connectivity index (χ1) is 13.3. The molecule has 0 radical (unpaired) electrons. The van der Waals surface area contributed by atoms with Crippen molar-refractivity contribution in [3.8, 4) is 0 Å². The van der Waals surface area contributed by atoms with Crippen molar-refractivity contribution in [2.24, 2.45) is 28.6 Å². The van der Waals surface area contributed by atoms with Gasteiger partial charge in [0.05, 0.1) is 18.3 Å². The van der Waals surface area contributed by atoms with Crippen LogP contribution in [0.1, 0.15) is 58.3 Å². The van der Waals surface area contributed by atoms with Gasteiger partial charge in [0.25, 0.3) is 0 Å². The third-order valence-corrected chi connectivity index (χ3v) is 9.41. The molecule has 1 aliphatic heterocycles. The first-order valence-corrected chi connectivity index (χ1v) is 10.9. The first kappa shape index (κ1) is 18.8. The third kappa shape index (κ3) is 2.27. The van der Waals surface area contributed by atoms with Crippen molar-refractivity contribution in [1.29, 1.82) is 0 Å². The van der Waals surface area contributed by atoms with Crippen molar-refractivity contribution in [3.63, 3.8) is 0 Å². The molecular weight excluding hydrogens is 356 g/mol. The molecule has 3 fully saturated rings. The van der Waals surface area contributed by atoms with Crippen LogP contribution in [-0.4, -0.2) is 46.2 Å². The van der Waals surface area contributed by atoms with Gasteiger partial charge in [-0.2, -0.15) is 0 Å². The molecule has 0 spiro atoms. The quantitative estimate of drug-likeness (QED) is 0.500. The number of fused-ring (bicyclic) bond motifs is 5. The lowest BCUT2D eigenvalue weighted by Gasteiger charge is -2.61. The predicted molar refractivity (Wildman–Crippen MR) is 103 cm³/mol. The van der Waals surface area contributed by atoms with Crippen LogP contribution in [0.2, 0.25) is 0 Å². The normalized spacial score (nSPS) is 50.2. The number of carbonyl (C=O) groups is 1. The molecule has 0 aromatic heterocycles. The Hall–Kier alpha value is -1.17. The smallest absolute Gasteiger partial charge is 0.331 e. The van der Waals surface area contributed by atoms with Crippen LogP contribution in [0.5, 0.6) is 0 Å². The summed E-state index contributed by atoms with van der Waals surface area (Å²) < 4.78 is 5.18.